The van der Waals surface area contributed by atoms with E-state index in [-0.39, 0.29) is 19.7 Å². The number of likely N-dealkylation sites (N-methyl/N-ethyl adjacent to an activating group) is 1. The highest BCUT2D eigenvalue weighted by Gasteiger charge is 2.17. The Hall–Kier alpha value is -2.08. The van der Waals surface area contributed by atoms with E-state index in [0.29, 0.717) is 0 Å². The van der Waals surface area contributed by atoms with Crippen molar-refractivity contribution in [1.29, 1.82) is 0 Å². The average Bonchev–Trinajstić information content (AvgIpc) is 2.44. The molecular formula is C13H18N2O4. The number of methoxy groups -OCH3 is 1. The Morgan fingerprint density at radius 1 is 1.32 bits per heavy atom. The van der Waals surface area contributed by atoms with E-state index < -0.39 is 11.8 Å². The van der Waals surface area contributed by atoms with E-state index in [1.165, 1.54) is 11.9 Å². The fourth-order valence-corrected chi connectivity index (χ4v) is 1.43. The molecule has 6 heteroatoms. The van der Waals surface area contributed by atoms with E-state index in [0.717, 1.165) is 11.3 Å². The van der Waals surface area contributed by atoms with Crippen molar-refractivity contribution >= 4 is 11.8 Å². The Morgan fingerprint density at radius 2 is 1.95 bits per heavy atom. The van der Waals surface area contributed by atoms with Crippen LogP contribution in [0.3, 0.4) is 0 Å². The Balaban J connectivity index is 2.46. The van der Waals surface area contributed by atoms with Crippen LogP contribution in [0.25, 0.3) is 0 Å². The summed E-state index contributed by atoms with van der Waals surface area (Å²) in [5.74, 6) is -0.622. The molecule has 1 rings (SSSR count). The lowest BCUT2D eigenvalue weighted by Gasteiger charge is -2.14. The van der Waals surface area contributed by atoms with Crippen molar-refractivity contribution in [1.82, 2.24) is 10.2 Å². The standard InChI is InChI=1S/C13H18N2O4/c1-15(7-8-16)13(18)12(17)14-9-10-3-5-11(19-2)6-4-10/h3-6,16H,7-9H2,1-2H3,(H,14,17). The lowest BCUT2D eigenvalue weighted by atomic mass is 10.2. The summed E-state index contributed by atoms with van der Waals surface area (Å²) in [5, 5.41) is 11.2. The Bertz CT molecular complexity index is 431. The largest absolute Gasteiger partial charge is 0.497 e. The smallest absolute Gasteiger partial charge is 0.311 e. The molecule has 6 nitrogen and oxygen atoms in total. The number of carbonyl (C=O) groups excluding carboxylic acids is 2. The molecule has 0 aromatic heterocycles. The molecule has 0 saturated carbocycles. The predicted octanol–water partition coefficient (Wildman–Crippen LogP) is -0.238. The number of nitrogens with zero attached hydrogens (tertiary/aromatic N) is 1. The van der Waals surface area contributed by atoms with Crippen LogP contribution >= 0.6 is 0 Å². The number of hydrogen-bond donors (Lipinski definition) is 2. The number of aliphatic hydroxyl groups excluding tert-OH is 1. The summed E-state index contributed by atoms with van der Waals surface area (Å²) in [6, 6.07) is 7.17. The number of rotatable bonds is 5. The first kappa shape index (κ1) is 15.0. The van der Waals surface area contributed by atoms with Crippen LogP contribution in [0.5, 0.6) is 5.75 Å². The number of amides is 2. The van der Waals surface area contributed by atoms with Crippen molar-refractivity contribution < 1.29 is 19.4 Å². The van der Waals surface area contributed by atoms with Gasteiger partial charge in [0.1, 0.15) is 5.75 Å². The van der Waals surface area contributed by atoms with E-state index in [1.54, 1.807) is 31.4 Å². The highest BCUT2D eigenvalue weighted by atomic mass is 16.5. The zero-order valence-electron chi connectivity index (χ0n) is 11.0. The van der Waals surface area contributed by atoms with Crippen LogP contribution in [0.4, 0.5) is 0 Å². The summed E-state index contributed by atoms with van der Waals surface area (Å²) in [7, 11) is 3.04. The van der Waals surface area contributed by atoms with E-state index in [4.69, 9.17) is 9.84 Å². The SMILES string of the molecule is COc1ccc(CNC(=O)C(=O)N(C)CCO)cc1. The number of benzene rings is 1. The molecule has 0 saturated heterocycles. The third-order valence-corrected chi connectivity index (χ3v) is 2.59. The van der Waals surface area contributed by atoms with Crippen LogP contribution in [0, 0.1) is 0 Å². The molecule has 0 heterocycles. The third-order valence-electron chi connectivity index (χ3n) is 2.59. The van der Waals surface area contributed by atoms with Crippen molar-refractivity contribution in [2.75, 3.05) is 27.3 Å². The second kappa shape index (κ2) is 7.38. The molecule has 0 spiro atoms. The van der Waals surface area contributed by atoms with Crippen molar-refractivity contribution in [2.45, 2.75) is 6.54 Å². The van der Waals surface area contributed by atoms with Gasteiger partial charge in [-0.25, -0.2) is 0 Å². The summed E-state index contributed by atoms with van der Waals surface area (Å²) >= 11 is 0. The van der Waals surface area contributed by atoms with Gasteiger partial charge < -0.3 is 20.1 Å². The molecule has 2 amide bonds. The number of nitrogens with one attached hydrogen (secondary N) is 1. The van der Waals surface area contributed by atoms with Crippen LogP contribution in [0.15, 0.2) is 24.3 Å². The average molecular weight is 266 g/mol. The molecule has 2 N–H and O–H groups in total. The molecule has 0 atom stereocenters. The lowest BCUT2D eigenvalue weighted by Crippen LogP contribution is -2.41. The molecule has 0 fully saturated rings. The summed E-state index contributed by atoms with van der Waals surface area (Å²) in [6.45, 7) is 0.227. The maximum atomic E-state index is 11.5. The van der Waals surface area contributed by atoms with Gasteiger partial charge in [-0.2, -0.15) is 0 Å². The number of ether oxygens (including phenoxy) is 1. The highest BCUT2D eigenvalue weighted by Crippen LogP contribution is 2.10. The number of aliphatic hydroxyl groups is 1. The molecule has 0 aliphatic rings. The quantitative estimate of drug-likeness (QED) is 0.721. The zero-order valence-corrected chi connectivity index (χ0v) is 11.0. The minimum atomic E-state index is -0.688. The molecule has 1 aromatic carbocycles. The third kappa shape index (κ3) is 4.59. The van der Waals surface area contributed by atoms with Gasteiger partial charge in [0.2, 0.25) is 0 Å². The maximum Gasteiger partial charge on any atom is 0.311 e. The van der Waals surface area contributed by atoms with Crippen LogP contribution in [-0.4, -0.2) is 49.1 Å². The van der Waals surface area contributed by atoms with Crippen molar-refractivity contribution in [3.8, 4) is 5.75 Å². The van der Waals surface area contributed by atoms with Gasteiger partial charge in [0.25, 0.3) is 0 Å². The molecule has 1 aromatic rings. The minimum absolute atomic E-state index is 0.134. The molecular weight excluding hydrogens is 248 g/mol. The second-order valence-corrected chi connectivity index (χ2v) is 3.98. The van der Waals surface area contributed by atoms with E-state index in [9.17, 15) is 9.59 Å². The Labute approximate surface area is 112 Å². The monoisotopic (exact) mass is 266 g/mol. The van der Waals surface area contributed by atoms with Gasteiger partial charge in [-0.1, -0.05) is 12.1 Å². The van der Waals surface area contributed by atoms with Crippen molar-refractivity contribution in [2.24, 2.45) is 0 Å². The summed E-state index contributed by atoms with van der Waals surface area (Å²) in [6.07, 6.45) is 0. The van der Waals surface area contributed by atoms with Gasteiger partial charge in [-0.05, 0) is 17.7 Å². The van der Waals surface area contributed by atoms with Gasteiger partial charge >= 0.3 is 11.8 Å². The Morgan fingerprint density at radius 3 is 2.47 bits per heavy atom. The topological polar surface area (TPSA) is 78.9 Å². The lowest BCUT2D eigenvalue weighted by molar-refractivity contribution is -0.145. The van der Waals surface area contributed by atoms with Gasteiger partial charge in [-0.15, -0.1) is 0 Å². The van der Waals surface area contributed by atoms with Gasteiger partial charge in [0, 0.05) is 20.1 Å². The van der Waals surface area contributed by atoms with Crippen molar-refractivity contribution in [3.05, 3.63) is 29.8 Å². The van der Waals surface area contributed by atoms with Crippen LogP contribution in [0.1, 0.15) is 5.56 Å². The Kier molecular flexibility index (Phi) is 5.81. The van der Waals surface area contributed by atoms with Gasteiger partial charge in [-0.3, -0.25) is 9.59 Å². The fourth-order valence-electron chi connectivity index (χ4n) is 1.43. The highest BCUT2D eigenvalue weighted by molar-refractivity contribution is 6.34. The number of hydrogen-bond acceptors (Lipinski definition) is 4. The first-order valence-electron chi connectivity index (χ1n) is 5.85. The summed E-state index contributed by atoms with van der Waals surface area (Å²) in [4.78, 5) is 24.3. The maximum absolute atomic E-state index is 11.5. The molecule has 0 radical (unpaired) electrons. The summed E-state index contributed by atoms with van der Waals surface area (Å²) < 4.78 is 5.02. The first-order chi connectivity index (χ1) is 9.08. The van der Waals surface area contributed by atoms with E-state index in [2.05, 4.69) is 5.32 Å². The van der Waals surface area contributed by atoms with Crippen molar-refractivity contribution in [3.63, 3.8) is 0 Å². The summed E-state index contributed by atoms with van der Waals surface area (Å²) in [5.41, 5.74) is 0.867. The first-order valence-corrected chi connectivity index (χ1v) is 5.85. The van der Waals surface area contributed by atoms with Crippen LogP contribution in [0.2, 0.25) is 0 Å². The molecule has 19 heavy (non-hydrogen) atoms. The van der Waals surface area contributed by atoms with Gasteiger partial charge in [0.05, 0.1) is 13.7 Å². The fraction of sp³-hybridized carbons (Fsp3) is 0.385. The molecule has 0 bridgehead atoms. The van der Waals surface area contributed by atoms with Crippen LogP contribution < -0.4 is 10.1 Å². The van der Waals surface area contributed by atoms with E-state index in [1.807, 2.05) is 0 Å². The normalized spacial score (nSPS) is 9.84. The minimum Gasteiger partial charge on any atom is -0.497 e. The predicted molar refractivity (Wildman–Crippen MR) is 69.6 cm³/mol. The molecule has 0 aliphatic carbocycles. The second-order valence-electron chi connectivity index (χ2n) is 3.98. The van der Waals surface area contributed by atoms with Gasteiger partial charge in [0.15, 0.2) is 0 Å². The molecule has 104 valence electrons. The molecule has 0 unspecified atom stereocenters. The zero-order chi connectivity index (χ0) is 14.3. The molecule has 0 aliphatic heterocycles. The number of carbonyl (C=O) groups is 2. The van der Waals surface area contributed by atoms with Crippen LogP contribution in [-0.2, 0) is 16.1 Å². The van der Waals surface area contributed by atoms with E-state index >= 15 is 0 Å².